The lowest BCUT2D eigenvalue weighted by Crippen LogP contribution is -2.41. The minimum absolute atomic E-state index is 0.806. The van der Waals surface area contributed by atoms with Gasteiger partial charge in [-0.05, 0) is 25.4 Å². The molecule has 2 rings (SSSR count). The fraction of sp³-hybridized carbons (Fsp3) is 1.00. The number of rotatable bonds is 3. The van der Waals surface area contributed by atoms with E-state index in [1.807, 2.05) is 0 Å². The van der Waals surface area contributed by atoms with Crippen molar-refractivity contribution in [3.05, 3.63) is 0 Å². The maximum absolute atomic E-state index is 2.77. The Bertz CT molecular complexity index is 228. The van der Waals surface area contributed by atoms with Gasteiger partial charge in [0.15, 0.2) is 0 Å². The molecule has 2 heterocycles. The van der Waals surface area contributed by atoms with Gasteiger partial charge in [-0.3, -0.25) is 4.90 Å². The SMILES string of the molecule is CC(C)CN1CCCN(C2CSCCSC2)CC1. The average Bonchev–Trinajstić information content (AvgIpc) is 2.70. The molecule has 4 heteroatoms. The fourth-order valence-electron chi connectivity index (χ4n) is 2.87. The van der Waals surface area contributed by atoms with Crippen LogP contribution in [0.15, 0.2) is 0 Å². The van der Waals surface area contributed by atoms with Gasteiger partial charge in [0.1, 0.15) is 0 Å². The van der Waals surface area contributed by atoms with Crippen LogP contribution >= 0.6 is 23.5 Å². The van der Waals surface area contributed by atoms with E-state index >= 15 is 0 Å². The molecule has 2 aliphatic rings. The second kappa shape index (κ2) is 8.03. The van der Waals surface area contributed by atoms with Crippen LogP contribution in [0.3, 0.4) is 0 Å². The third-order valence-corrected chi connectivity index (χ3v) is 6.24. The molecule has 18 heavy (non-hydrogen) atoms. The van der Waals surface area contributed by atoms with Gasteiger partial charge in [-0.15, -0.1) is 0 Å². The van der Waals surface area contributed by atoms with E-state index in [0.29, 0.717) is 0 Å². The number of hydrogen-bond donors (Lipinski definition) is 0. The molecule has 0 aromatic carbocycles. The summed E-state index contributed by atoms with van der Waals surface area (Å²) in [5.41, 5.74) is 0. The van der Waals surface area contributed by atoms with E-state index in [1.54, 1.807) is 0 Å². The summed E-state index contributed by atoms with van der Waals surface area (Å²) in [6.45, 7) is 11.1. The Morgan fingerprint density at radius 1 is 1.00 bits per heavy atom. The van der Waals surface area contributed by atoms with Gasteiger partial charge in [-0.25, -0.2) is 0 Å². The van der Waals surface area contributed by atoms with E-state index in [9.17, 15) is 0 Å². The van der Waals surface area contributed by atoms with Gasteiger partial charge in [0.2, 0.25) is 0 Å². The van der Waals surface area contributed by atoms with Crippen LogP contribution in [0, 0.1) is 5.92 Å². The molecule has 106 valence electrons. The standard InChI is InChI=1S/C14H28N2S2/c1-13(2)10-15-4-3-5-16(7-6-15)14-11-17-8-9-18-12-14/h13-14H,3-12H2,1-2H3. The average molecular weight is 289 g/mol. The monoisotopic (exact) mass is 288 g/mol. The van der Waals surface area contributed by atoms with Gasteiger partial charge in [-0.1, -0.05) is 13.8 Å². The Morgan fingerprint density at radius 3 is 2.39 bits per heavy atom. The normalized spacial score (nSPS) is 26.2. The van der Waals surface area contributed by atoms with Crippen LogP contribution in [-0.4, -0.2) is 71.6 Å². The molecule has 2 fully saturated rings. The third-order valence-electron chi connectivity index (χ3n) is 3.76. The Balaban J connectivity index is 1.80. The van der Waals surface area contributed by atoms with Gasteiger partial charge in [0, 0.05) is 48.7 Å². The molecule has 0 aliphatic carbocycles. The largest absolute Gasteiger partial charge is 0.302 e. The molecule has 0 spiro atoms. The van der Waals surface area contributed by atoms with Crippen molar-refractivity contribution >= 4 is 23.5 Å². The van der Waals surface area contributed by atoms with E-state index in [4.69, 9.17) is 0 Å². The number of nitrogens with zero attached hydrogens (tertiary/aromatic N) is 2. The quantitative estimate of drug-likeness (QED) is 0.787. The van der Waals surface area contributed by atoms with Crippen molar-refractivity contribution in [2.45, 2.75) is 26.3 Å². The van der Waals surface area contributed by atoms with Crippen molar-refractivity contribution in [2.24, 2.45) is 5.92 Å². The van der Waals surface area contributed by atoms with Crippen molar-refractivity contribution in [1.82, 2.24) is 9.80 Å². The Labute approximate surface area is 121 Å². The van der Waals surface area contributed by atoms with E-state index in [0.717, 1.165) is 12.0 Å². The topological polar surface area (TPSA) is 6.48 Å². The summed E-state index contributed by atoms with van der Waals surface area (Å²) in [6, 6.07) is 0.835. The number of thioether (sulfide) groups is 2. The summed E-state index contributed by atoms with van der Waals surface area (Å²) >= 11 is 4.32. The molecule has 0 bridgehead atoms. The first-order chi connectivity index (χ1) is 8.75. The minimum Gasteiger partial charge on any atom is -0.302 e. The molecule has 0 atom stereocenters. The Kier molecular flexibility index (Phi) is 6.70. The highest BCUT2D eigenvalue weighted by molar-refractivity contribution is 8.03. The molecular formula is C14H28N2S2. The van der Waals surface area contributed by atoms with Gasteiger partial charge in [-0.2, -0.15) is 23.5 Å². The molecule has 0 aromatic heterocycles. The highest BCUT2D eigenvalue weighted by atomic mass is 32.2. The van der Waals surface area contributed by atoms with Crippen LogP contribution in [0.5, 0.6) is 0 Å². The maximum atomic E-state index is 2.77. The summed E-state index contributed by atoms with van der Waals surface area (Å²) in [4.78, 5) is 5.44. The molecule has 0 radical (unpaired) electrons. The lowest BCUT2D eigenvalue weighted by Gasteiger charge is -2.29. The van der Waals surface area contributed by atoms with E-state index in [1.165, 1.54) is 62.2 Å². The minimum atomic E-state index is 0.806. The molecule has 2 saturated heterocycles. The zero-order valence-electron chi connectivity index (χ0n) is 11.9. The van der Waals surface area contributed by atoms with E-state index in [2.05, 4.69) is 47.2 Å². The van der Waals surface area contributed by atoms with Crippen LogP contribution in [0.2, 0.25) is 0 Å². The summed E-state index contributed by atoms with van der Waals surface area (Å²) in [5, 5.41) is 0. The molecule has 2 aliphatic heterocycles. The van der Waals surface area contributed by atoms with Crippen LogP contribution in [0.4, 0.5) is 0 Å². The third kappa shape index (κ3) is 4.95. The van der Waals surface area contributed by atoms with Crippen molar-refractivity contribution < 1.29 is 0 Å². The first kappa shape index (κ1) is 15.0. The zero-order chi connectivity index (χ0) is 12.8. The van der Waals surface area contributed by atoms with Crippen molar-refractivity contribution in [2.75, 3.05) is 55.7 Å². The molecule has 0 amide bonds. The van der Waals surface area contributed by atoms with Crippen molar-refractivity contribution in [3.8, 4) is 0 Å². The summed E-state index contributed by atoms with van der Waals surface area (Å²) in [5.74, 6) is 6.23. The first-order valence-corrected chi connectivity index (χ1v) is 9.68. The van der Waals surface area contributed by atoms with Gasteiger partial charge in [0.05, 0.1) is 0 Å². The van der Waals surface area contributed by atoms with Crippen LogP contribution in [-0.2, 0) is 0 Å². The predicted molar refractivity (Wildman–Crippen MR) is 85.9 cm³/mol. The highest BCUT2D eigenvalue weighted by Gasteiger charge is 2.23. The first-order valence-electron chi connectivity index (χ1n) is 7.37. The second-order valence-corrected chi connectivity index (χ2v) is 8.19. The summed E-state index contributed by atoms with van der Waals surface area (Å²) in [6.07, 6.45) is 1.36. The van der Waals surface area contributed by atoms with E-state index in [-0.39, 0.29) is 0 Å². The Morgan fingerprint density at radius 2 is 1.72 bits per heavy atom. The zero-order valence-corrected chi connectivity index (χ0v) is 13.6. The van der Waals surface area contributed by atoms with Gasteiger partial charge >= 0.3 is 0 Å². The second-order valence-electron chi connectivity index (χ2n) is 5.89. The maximum Gasteiger partial charge on any atom is 0.0277 e. The molecular weight excluding hydrogens is 260 g/mol. The smallest absolute Gasteiger partial charge is 0.0277 e. The number of hydrogen-bond acceptors (Lipinski definition) is 4. The molecule has 2 nitrogen and oxygen atoms in total. The van der Waals surface area contributed by atoms with Gasteiger partial charge in [0.25, 0.3) is 0 Å². The lowest BCUT2D eigenvalue weighted by molar-refractivity contribution is 0.217. The highest BCUT2D eigenvalue weighted by Crippen LogP contribution is 2.21. The van der Waals surface area contributed by atoms with Gasteiger partial charge < -0.3 is 4.90 Å². The molecule has 0 unspecified atom stereocenters. The van der Waals surface area contributed by atoms with E-state index < -0.39 is 0 Å². The Hall–Kier alpha value is 0.620. The van der Waals surface area contributed by atoms with Crippen LogP contribution in [0.25, 0.3) is 0 Å². The molecule has 0 aromatic rings. The summed E-state index contributed by atoms with van der Waals surface area (Å²) < 4.78 is 0. The lowest BCUT2D eigenvalue weighted by atomic mass is 10.2. The van der Waals surface area contributed by atoms with Crippen LogP contribution in [0.1, 0.15) is 20.3 Å². The predicted octanol–water partition coefficient (Wildman–Crippen LogP) is 2.50. The summed E-state index contributed by atoms with van der Waals surface area (Å²) in [7, 11) is 0. The van der Waals surface area contributed by atoms with Crippen LogP contribution < -0.4 is 0 Å². The molecule has 0 N–H and O–H groups in total. The molecule has 0 saturated carbocycles. The van der Waals surface area contributed by atoms with Crippen molar-refractivity contribution in [1.29, 1.82) is 0 Å². The fourth-order valence-corrected chi connectivity index (χ4v) is 5.50. The van der Waals surface area contributed by atoms with Crippen molar-refractivity contribution in [3.63, 3.8) is 0 Å².